The molecule has 0 aliphatic carbocycles. The van der Waals surface area contributed by atoms with Crippen LogP contribution in [-0.2, 0) is 11.3 Å². The van der Waals surface area contributed by atoms with E-state index in [0.717, 1.165) is 38.0 Å². The Bertz CT molecular complexity index is 1300. The smallest absolute Gasteiger partial charge is 0.277 e. The number of carbonyl (C=O) groups is 2. The third-order valence-corrected chi connectivity index (χ3v) is 7.85. The number of nitrogen functional groups attached to an aromatic ring is 1. The van der Waals surface area contributed by atoms with Crippen LogP contribution in [-0.4, -0.2) is 63.8 Å². The van der Waals surface area contributed by atoms with Gasteiger partial charge in [0.2, 0.25) is 5.91 Å². The van der Waals surface area contributed by atoms with Crippen LogP contribution in [0.1, 0.15) is 47.3 Å². The highest BCUT2D eigenvalue weighted by molar-refractivity contribution is 6.05. The van der Waals surface area contributed by atoms with Crippen molar-refractivity contribution in [2.24, 2.45) is 5.92 Å². The summed E-state index contributed by atoms with van der Waals surface area (Å²) in [4.78, 5) is 41.4. The fourth-order valence-corrected chi connectivity index (χ4v) is 5.77. The number of rotatable bonds is 6. The highest BCUT2D eigenvalue weighted by Gasteiger charge is 2.35. The molecule has 5 rings (SSSR count). The van der Waals surface area contributed by atoms with E-state index < -0.39 is 0 Å². The first-order chi connectivity index (χ1) is 18.9. The van der Waals surface area contributed by atoms with Gasteiger partial charge in [-0.25, -0.2) is 9.37 Å². The van der Waals surface area contributed by atoms with E-state index in [0.29, 0.717) is 48.7 Å². The third kappa shape index (κ3) is 6.25. The lowest BCUT2D eigenvalue weighted by Crippen LogP contribution is -2.51. The van der Waals surface area contributed by atoms with Gasteiger partial charge in [-0.15, -0.1) is 0 Å². The third-order valence-electron chi connectivity index (χ3n) is 7.85. The molecule has 2 N–H and O–H groups in total. The molecule has 39 heavy (non-hydrogen) atoms. The van der Waals surface area contributed by atoms with Crippen LogP contribution in [0, 0.1) is 18.7 Å². The normalized spacial score (nSPS) is 17.2. The average Bonchev–Trinajstić information content (AvgIpc) is 2.95. The number of hydrogen-bond acceptors (Lipinski definition) is 6. The van der Waals surface area contributed by atoms with Crippen molar-refractivity contribution in [3.8, 4) is 0 Å². The zero-order chi connectivity index (χ0) is 27.4. The maximum atomic E-state index is 13.9. The van der Waals surface area contributed by atoms with Crippen molar-refractivity contribution in [3.63, 3.8) is 0 Å². The first-order valence-corrected chi connectivity index (χ1v) is 13.6. The number of aromatic nitrogens is 2. The molecule has 2 aliphatic rings. The number of aryl methyl sites for hydroxylation is 1. The number of halogens is 1. The van der Waals surface area contributed by atoms with Crippen LogP contribution < -0.4 is 10.6 Å². The Morgan fingerprint density at radius 2 is 1.74 bits per heavy atom. The number of nitrogens with two attached hydrogens (primary N) is 1. The predicted octanol–water partition coefficient (Wildman–Crippen LogP) is 4.06. The second-order valence-corrected chi connectivity index (χ2v) is 10.5. The number of nitrogens with zero attached hydrogens (tertiary/aromatic N) is 5. The van der Waals surface area contributed by atoms with Gasteiger partial charge in [0.15, 0.2) is 0 Å². The SMILES string of the molecule is Cc1cc(F)ccc1N(C(=O)c1ccccn1)C1CCN(C(=O)C2CCN(Cc3ccnc(N)c3)CC2)CC1. The summed E-state index contributed by atoms with van der Waals surface area (Å²) in [5.41, 5.74) is 8.67. The van der Waals surface area contributed by atoms with Gasteiger partial charge in [0.25, 0.3) is 5.91 Å². The second kappa shape index (κ2) is 11.9. The van der Waals surface area contributed by atoms with Gasteiger partial charge in [-0.2, -0.15) is 0 Å². The van der Waals surface area contributed by atoms with Crippen LogP contribution in [0.5, 0.6) is 0 Å². The molecule has 3 aromatic rings. The summed E-state index contributed by atoms with van der Waals surface area (Å²) < 4.78 is 13.9. The summed E-state index contributed by atoms with van der Waals surface area (Å²) in [6.07, 6.45) is 6.30. The molecule has 4 heterocycles. The van der Waals surface area contributed by atoms with Gasteiger partial charge >= 0.3 is 0 Å². The predicted molar refractivity (Wildman–Crippen MR) is 148 cm³/mol. The molecule has 0 spiro atoms. The average molecular weight is 531 g/mol. The molecule has 8 nitrogen and oxygen atoms in total. The molecule has 0 saturated carbocycles. The van der Waals surface area contributed by atoms with E-state index in [1.165, 1.54) is 12.1 Å². The Morgan fingerprint density at radius 1 is 0.974 bits per heavy atom. The Kier molecular flexibility index (Phi) is 8.16. The van der Waals surface area contributed by atoms with Gasteiger partial charge in [0.1, 0.15) is 17.3 Å². The van der Waals surface area contributed by atoms with Crippen LogP contribution in [0.4, 0.5) is 15.9 Å². The Balaban J connectivity index is 1.21. The summed E-state index contributed by atoms with van der Waals surface area (Å²) in [5, 5.41) is 0. The molecule has 2 aromatic heterocycles. The second-order valence-electron chi connectivity index (χ2n) is 10.5. The number of likely N-dealkylation sites (tertiary alicyclic amines) is 2. The van der Waals surface area contributed by atoms with Crippen LogP contribution in [0.3, 0.4) is 0 Å². The van der Waals surface area contributed by atoms with Crippen molar-refractivity contribution in [2.45, 2.75) is 45.2 Å². The highest BCUT2D eigenvalue weighted by atomic mass is 19.1. The molecular weight excluding hydrogens is 495 g/mol. The quantitative estimate of drug-likeness (QED) is 0.517. The van der Waals surface area contributed by atoms with E-state index in [4.69, 9.17) is 5.73 Å². The van der Waals surface area contributed by atoms with Gasteiger partial charge in [-0.3, -0.25) is 19.5 Å². The number of benzene rings is 1. The van der Waals surface area contributed by atoms with Crippen LogP contribution in [0.2, 0.25) is 0 Å². The van der Waals surface area contributed by atoms with Crippen molar-refractivity contribution in [1.29, 1.82) is 0 Å². The minimum atomic E-state index is -0.335. The van der Waals surface area contributed by atoms with E-state index >= 15 is 0 Å². The number of pyridine rings is 2. The van der Waals surface area contributed by atoms with Crippen LogP contribution >= 0.6 is 0 Å². The Morgan fingerprint density at radius 3 is 2.41 bits per heavy atom. The van der Waals surface area contributed by atoms with E-state index in [1.54, 1.807) is 41.6 Å². The summed E-state index contributed by atoms with van der Waals surface area (Å²) in [6, 6.07) is 13.5. The number of hydrogen-bond donors (Lipinski definition) is 1. The summed E-state index contributed by atoms with van der Waals surface area (Å²) in [7, 11) is 0. The molecule has 0 atom stereocenters. The van der Waals surface area contributed by atoms with E-state index in [2.05, 4.69) is 14.9 Å². The lowest BCUT2D eigenvalue weighted by atomic mass is 9.93. The minimum Gasteiger partial charge on any atom is -0.384 e. The van der Waals surface area contributed by atoms with Crippen LogP contribution in [0.25, 0.3) is 0 Å². The molecule has 2 amide bonds. The molecular formula is C30H35FN6O2. The molecule has 2 saturated heterocycles. The monoisotopic (exact) mass is 530 g/mol. The summed E-state index contributed by atoms with van der Waals surface area (Å²) >= 11 is 0. The molecule has 0 bridgehead atoms. The lowest BCUT2D eigenvalue weighted by molar-refractivity contribution is -0.138. The fraction of sp³-hybridized carbons (Fsp3) is 0.400. The van der Waals surface area contributed by atoms with Crippen molar-refractivity contribution in [2.75, 3.05) is 36.8 Å². The molecule has 0 unspecified atom stereocenters. The molecule has 2 fully saturated rings. The zero-order valence-electron chi connectivity index (χ0n) is 22.3. The number of carbonyl (C=O) groups excluding carboxylic acids is 2. The lowest BCUT2D eigenvalue weighted by Gasteiger charge is -2.41. The van der Waals surface area contributed by atoms with E-state index in [9.17, 15) is 14.0 Å². The van der Waals surface area contributed by atoms with Gasteiger partial charge in [0.05, 0.1) is 0 Å². The van der Waals surface area contributed by atoms with Crippen molar-refractivity contribution < 1.29 is 14.0 Å². The van der Waals surface area contributed by atoms with Crippen molar-refractivity contribution in [3.05, 3.63) is 83.6 Å². The maximum Gasteiger partial charge on any atom is 0.277 e. The number of anilines is 2. The molecule has 1 aromatic carbocycles. The first kappa shape index (κ1) is 26.7. The van der Waals surface area contributed by atoms with E-state index in [1.807, 2.05) is 24.0 Å². The Labute approximate surface area is 228 Å². The fourth-order valence-electron chi connectivity index (χ4n) is 5.77. The van der Waals surface area contributed by atoms with Crippen molar-refractivity contribution in [1.82, 2.24) is 19.8 Å². The van der Waals surface area contributed by atoms with Crippen molar-refractivity contribution >= 4 is 23.3 Å². The Hall–Kier alpha value is -3.85. The topological polar surface area (TPSA) is 95.7 Å². The highest BCUT2D eigenvalue weighted by Crippen LogP contribution is 2.30. The minimum absolute atomic E-state index is 0.0194. The number of amides is 2. The van der Waals surface area contributed by atoms with Gasteiger partial charge < -0.3 is 15.5 Å². The molecule has 204 valence electrons. The number of piperidine rings is 2. The largest absolute Gasteiger partial charge is 0.384 e. The standard InChI is InChI=1S/C30H35FN6O2/c1-21-18-24(31)5-6-27(21)37(30(39)26-4-2-3-12-33-26)25-10-16-36(17-11-25)29(38)23-8-14-35(15-9-23)20-22-7-13-34-28(32)19-22/h2-7,12-13,18-19,23,25H,8-11,14-17,20H2,1H3,(H2,32,34). The summed E-state index contributed by atoms with van der Waals surface area (Å²) in [5.74, 6) is 0.208. The molecule has 0 radical (unpaired) electrons. The van der Waals surface area contributed by atoms with E-state index in [-0.39, 0.29) is 29.6 Å². The first-order valence-electron chi connectivity index (χ1n) is 13.6. The molecule has 9 heteroatoms. The van der Waals surface area contributed by atoms with Gasteiger partial charge in [-0.05, 0) is 99.3 Å². The maximum absolute atomic E-state index is 13.9. The molecule has 2 aliphatic heterocycles. The summed E-state index contributed by atoms with van der Waals surface area (Å²) in [6.45, 7) is 5.53. The van der Waals surface area contributed by atoms with Crippen LogP contribution in [0.15, 0.2) is 60.9 Å². The zero-order valence-corrected chi connectivity index (χ0v) is 22.3. The van der Waals surface area contributed by atoms with Gasteiger partial charge in [0, 0.05) is 49.7 Å². The van der Waals surface area contributed by atoms with Gasteiger partial charge in [-0.1, -0.05) is 6.07 Å².